The zero-order valence-electron chi connectivity index (χ0n) is 5.96. The highest BCUT2D eigenvalue weighted by Gasteiger charge is 2.07. The van der Waals surface area contributed by atoms with Gasteiger partial charge in [-0.3, -0.25) is 0 Å². The maximum Gasteiger partial charge on any atom is 0.339 e. The van der Waals surface area contributed by atoms with Gasteiger partial charge in [0.15, 0.2) is 0 Å². The van der Waals surface area contributed by atoms with Gasteiger partial charge in [0.1, 0.15) is 0 Å². The molecule has 1 aromatic rings. The molecule has 1 aromatic heterocycles. The summed E-state index contributed by atoms with van der Waals surface area (Å²) in [5, 5.41) is 1.81. The van der Waals surface area contributed by atoms with Crippen LogP contribution in [0.1, 0.15) is 17.3 Å². The Morgan fingerprint density at radius 2 is 2.55 bits per heavy atom. The summed E-state index contributed by atoms with van der Waals surface area (Å²) in [6.45, 7) is 2.24. The number of hydrogen-bond acceptors (Lipinski definition) is 3. The predicted octanol–water partition coefficient (Wildman–Crippen LogP) is 2.53. The number of hydrogen-bond donors (Lipinski definition) is 0. The molecule has 0 aliphatic carbocycles. The first-order valence-corrected chi connectivity index (χ1v) is 5.11. The third kappa shape index (κ3) is 2.44. The molecule has 0 amide bonds. The number of carbonyl (C=O) groups is 1. The fraction of sp³-hybridized carbons (Fsp3) is 0.286. The van der Waals surface area contributed by atoms with E-state index in [2.05, 4.69) is 22.6 Å². The van der Waals surface area contributed by atoms with E-state index in [1.165, 1.54) is 0 Å². The topological polar surface area (TPSA) is 26.3 Å². The summed E-state index contributed by atoms with van der Waals surface area (Å²) in [4.78, 5) is 11.0. The second-order valence-corrected chi connectivity index (χ2v) is 4.67. The third-order valence-corrected chi connectivity index (χ3v) is 2.87. The summed E-state index contributed by atoms with van der Waals surface area (Å²) in [6.07, 6.45) is 0. The van der Waals surface area contributed by atoms with Gasteiger partial charge in [-0.15, -0.1) is 11.3 Å². The zero-order chi connectivity index (χ0) is 8.27. The summed E-state index contributed by atoms with van der Waals surface area (Å²) >= 11 is 3.72. The van der Waals surface area contributed by atoms with Crippen LogP contribution in [0.15, 0.2) is 11.4 Å². The fourth-order valence-electron chi connectivity index (χ4n) is 0.632. The molecule has 0 spiro atoms. The van der Waals surface area contributed by atoms with E-state index in [4.69, 9.17) is 4.74 Å². The number of rotatable bonds is 2. The Labute approximate surface area is 82.7 Å². The Balaban J connectivity index is 2.69. The predicted molar refractivity (Wildman–Crippen MR) is 53.0 cm³/mol. The fourth-order valence-corrected chi connectivity index (χ4v) is 1.95. The van der Waals surface area contributed by atoms with Crippen molar-refractivity contribution in [1.29, 1.82) is 0 Å². The lowest BCUT2D eigenvalue weighted by molar-refractivity contribution is 0.0527. The van der Waals surface area contributed by atoms with Gasteiger partial charge in [0, 0.05) is 5.38 Å². The number of carbonyl (C=O) groups excluding carboxylic acids is 1. The van der Waals surface area contributed by atoms with Crippen LogP contribution in [0.25, 0.3) is 0 Å². The molecule has 0 aliphatic rings. The van der Waals surface area contributed by atoms with Crippen LogP contribution in [0.3, 0.4) is 0 Å². The summed E-state index contributed by atoms with van der Waals surface area (Å²) < 4.78 is 5.91. The molecular weight excluding hydrogens is 275 g/mol. The molecule has 1 rings (SSSR count). The van der Waals surface area contributed by atoms with Crippen molar-refractivity contribution in [3.05, 3.63) is 19.9 Å². The monoisotopic (exact) mass is 282 g/mol. The van der Waals surface area contributed by atoms with Crippen LogP contribution in [-0.4, -0.2) is 12.6 Å². The van der Waals surface area contributed by atoms with E-state index in [0.717, 1.165) is 2.88 Å². The van der Waals surface area contributed by atoms with Crippen molar-refractivity contribution in [1.82, 2.24) is 0 Å². The van der Waals surface area contributed by atoms with E-state index >= 15 is 0 Å². The summed E-state index contributed by atoms with van der Waals surface area (Å²) in [6, 6.07) is 1.82. The van der Waals surface area contributed by atoms with Crippen molar-refractivity contribution < 1.29 is 9.53 Å². The number of halogens is 1. The molecular formula is C7H7IO2S. The molecule has 11 heavy (non-hydrogen) atoms. The van der Waals surface area contributed by atoms with Crippen molar-refractivity contribution >= 4 is 39.9 Å². The second kappa shape index (κ2) is 4.06. The van der Waals surface area contributed by atoms with Crippen LogP contribution in [0.2, 0.25) is 0 Å². The van der Waals surface area contributed by atoms with Gasteiger partial charge in [0.2, 0.25) is 0 Å². The molecule has 4 heteroatoms. The first kappa shape index (κ1) is 8.99. The molecule has 0 aliphatic heterocycles. The van der Waals surface area contributed by atoms with Gasteiger partial charge in [-0.2, -0.15) is 0 Å². The van der Waals surface area contributed by atoms with E-state index in [9.17, 15) is 4.79 Å². The Morgan fingerprint density at radius 3 is 3.00 bits per heavy atom. The van der Waals surface area contributed by atoms with Crippen molar-refractivity contribution in [3.63, 3.8) is 0 Å². The summed E-state index contributed by atoms with van der Waals surface area (Å²) in [7, 11) is 0. The molecule has 0 fully saturated rings. The van der Waals surface area contributed by atoms with Gasteiger partial charge in [-0.05, 0) is 35.6 Å². The average Bonchev–Trinajstić information content (AvgIpc) is 2.36. The van der Waals surface area contributed by atoms with Crippen LogP contribution in [0.4, 0.5) is 0 Å². The van der Waals surface area contributed by atoms with E-state index in [1.807, 2.05) is 6.07 Å². The number of thiophene rings is 1. The van der Waals surface area contributed by atoms with Crippen LogP contribution in [-0.2, 0) is 4.74 Å². The lowest BCUT2D eigenvalue weighted by Gasteiger charge is -1.96. The first-order valence-electron chi connectivity index (χ1n) is 3.15. The molecule has 0 bridgehead atoms. The lowest BCUT2D eigenvalue weighted by Crippen LogP contribution is -2.02. The highest BCUT2D eigenvalue weighted by atomic mass is 127. The van der Waals surface area contributed by atoms with Crippen molar-refractivity contribution in [2.24, 2.45) is 0 Å². The molecule has 0 aromatic carbocycles. The SMILES string of the molecule is CCOC(=O)c1csc(I)c1. The average molecular weight is 282 g/mol. The minimum atomic E-state index is -0.230. The minimum Gasteiger partial charge on any atom is -0.462 e. The Kier molecular flexibility index (Phi) is 3.32. The van der Waals surface area contributed by atoms with E-state index in [0.29, 0.717) is 12.2 Å². The van der Waals surface area contributed by atoms with Crippen molar-refractivity contribution in [3.8, 4) is 0 Å². The summed E-state index contributed by atoms with van der Waals surface area (Å²) in [5.41, 5.74) is 0.654. The maximum absolute atomic E-state index is 11.0. The van der Waals surface area contributed by atoms with Crippen LogP contribution < -0.4 is 0 Å². The van der Waals surface area contributed by atoms with Crippen molar-refractivity contribution in [2.75, 3.05) is 6.61 Å². The summed E-state index contributed by atoms with van der Waals surface area (Å²) in [5.74, 6) is -0.230. The minimum absolute atomic E-state index is 0.230. The molecule has 0 saturated heterocycles. The van der Waals surface area contributed by atoms with Crippen LogP contribution in [0.5, 0.6) is 0 Å². The Morgan fingerprint density at radius 1 is 1.82 bits per heavy atom. The standard InChI is InChI=1S/C7H7IO2S/c1-2-10-7(9)5-3-6(8)11-4-5/h3-4H,2H2,1H3. The second-order valence-electron chi connectivity index (χ2n) is 1.86. The van der Waals surface area contributed by atoms with Crippen LogP contribution >= 0.6 is 33.9 Å². The van der Waals surface area contributed by atoms with Crippen LogP contribution in [0, 0.1) is 2.88 Å². The van der Waals surface area contributed by atoms with Gasteiger partial charge < -0.3 is 4.74 Å². The smallest absolute Gasteiger partial charge is 0.339 e. The van der Waals surface area contributed by atoms with Gasteiger partial charge in [0.05, 0.1) is 15.1 Å². The normalized spacial score (nSPS) is 9.64. The Hall–Kier alpha value is -0.100. The Bertz CT molecular complexity index is 257. The van der Waals surface area contributed by atoms with Gasteiger partial charge in [-0.25, -0.2) is 4.79 Å². The first-order chi connectivity index (χ1) is 5.24. The number of esters is 1. The highest BCUT2D eigenvalue weighted by Crippen LogP contribution is 2.16. The largest absolute Gasteiger partial charge is 0.462 e. The van der Waals surface area contributed by atoms with E-state index < -0.39 is 0 Å². The zero-order valence-corrected chi connectivity index (χ0v) is 8.94. The number of ether oxygens (including phenoxy) is 1. The van der Waals surface area contributed by atoms with Gasteiger partial charge in [0.25, 0.3) is 0 Å². The van der Waals surface area contributed by atoms with E-state index in [1.54, 1.807) is 23.6 Å². The maximum atomic E-state index is 11.0. The molecule has 0 N–H and O–H groups in total. The molecule has 60 valence electrons. The van der Waals surface area contributed by atoms with Gasteiger partial charge in [-0.1, -0.05) is 0 Å². The molecule has 2 nitrogen and oxygen atoms in total. The molecule has 0 saturated carbocycles. The van der Waals surface area contributed by atoms with E-state index in [-0.39, 0.29) is 5.97 Å². The van der Waals surface area contributed by atoms with Gasteiger partial charge >= 0.3 is 5.97 Å². The third-order valence-electron chi connectivity index (χ3n) is 1.08. The highest BCUT2D eigenvalue weighted by molar-refractivity contribution is 14.1. The van der Waals surface area contributed by atoms with Crippen molar-refractivity contribution in [2.45, 2.75) is 6.92 Å². The molecule has 1 heterocycles. The molecule has 0 atom stereocenters. The lowest BCUT2D eigenvalue weighted by atomic mass is 10.3. The quantitative estimate of drug-likeness (QED) is 0.615. The molecule has 0 unspecified atom stereocenters. The molecule has 0 radical (unpaired) electrons.